The predicted octanol–water partition coefficient (Wildman–Crippen LogP) is 25.0. The molecule has 0 aromatic carbocycles. The molecule has 0 aromatic rings. The van der Waals surface area contributed by atoms with E-state index in [0.717, 1.165) is 51.4 Å². The Bertz CT molecular complexity index is 1360. The molecule has 6 nitrogen and oxygen atoms in total. The molecule has 1 amide bonds. The highest BCUT2D eigenvalue weighted by Crippen LogP contribution is 2.19. The summed E-state index contributed by atoms with van der Waals surface area (Å²) in [5.74, 6) is -0.0303. The van der Waals surface area contributed by atoms with E-state index in [1.165, 1.54) is 340 Å². The third kappa shape index (κ3) is 69.2. The van der Waals surface area contributed by atoms with Crippen molar-refractivity contribution in [3.63, 3.8) is 0 Å². The number of hydrogen-bond donors (Lipinski definition) is 3. The van der Waals surface area contributed by atoms with Gasteiger partial charge in [-0.3, -0.25) is 9.59 Å². The Balaban J connectivity index is 3.39. The molecule has 0 fully saturated rings. The summed E-state index contributed by atoms with van der Waals surface area (Å²) in [5.41, 5.74) is 0. The fraction of sp³-hybridized carbons (Fsp3) is 0.897. The lowest BCUT2D eigenvalue weighted by molar-refractivity contribution is -0.143. The van der Waals surface area contributed by atoms with Crippen molar-refractivity contribution >= 4 is 11.9 Å². The molecular weight excluding hydrogens is 1030 g/mol. The van der Waals surface area contributed by atoms with Crippen molar-refractivity contribution in [1.82, 2.24) is 5.32 Å². The van der Waals surface area contributed by atoms with E-state index in [9.17, 15) is 19.8 Å². The SMILES string of the molecule is CCCCCC/C=C\C/C=C\CCCCCCCC(=O)OCCCCCCCCCCCCCC/C=C\CCCCCCCCCCCCC(=O)NC(CO)C(O)CCCCCCCCCCCCCCCCCCCCCCCCCCC. The van der Waals surface area contributed by atoms with Gasteiger partial charge in [-0.05, 0) is 83.5 Å². The highest BCUT2D eigenvalue weighted by atomic mass is 16.5. The van der Waals surface area contributed by atoms with E-state index in [0.29, 0.717) is 25.9 Å². The highest BCUT2D eigenvalue weighted by Gasteiger charge is 2.20. The van der Waals surface area contributed by atoms with E-state index in [2.05, 4.69) is 55.6 Å². The summed E-state index contributed by atoms with van der Waals surface area (Å²) in [5, 5.41) is 23.5. The Hall–Kier alpha value is -1.92. The van der Waals surface area contributed by atoms with Crippen molar-refractivity contribution in [1.29, 1.82) is 0 Å². The maximum absolute atomic E-state index is 12.6. The molecule has 0 aliphatic rings. The first-order chi connectivity index (χ1) is 41.5. The first-order valence-corrected chi connectivity index (χ1v) is 38.2. The van der Waals surface area contributed by atoms with Gasteiger partial charge in [0.1, 0.15) is 0 Å². The molecular formula is C78H149NO5. The number of carbonyl (C=O) groups is 2. The fourth-order valence-corrected chi connectivity index (χ4v) is 12.1. The van der Waals surface area contributed by atoms with Gasteiger partial charge in [-0.2, -0.15) is 0 Å². The number of ether oxygens (including phenoxy) is 1. The molecule has 2 atom stereocenters. The molecule has 0 heterocycles. The summed E-state index contributed by atoms with van der Waals surface area (Å²) in [6.45, 7) is 4.97. The van der Waals surface area contributed by atoms with E-state index >= 15 is 0 Å². The van der Waals surface area contributed by atoms with Crippen LogP contribution in [0.25, 0.3) is 0 Å². The second-order valence-electron chi connectivity index (χ2n) is 26.3. The van der Waals surface area contributed by atoms with Crippen LogP contribution in [-0.4, -0.2) is 47.4 Å². The molecule has 0 spiro atoms. The van der Waals surface area contributed by atoms with Gasteiger partial charge in [0.05, 0.1) is 25.4 Å². The topological polar surface area (TPSA) is 95.9 Å². The summed E-state index contributed by atoms with van der Waals surface area (Å²) in [7, 11) is 0. The summed E-state index contributed by atoms with van der Waals surface area (Å²) in [4.78, 5) is 24.7. The molecule has 0 aromatic heterocycles. The zero-order chi connectivity index (χ0) is 60.6. The van der Waals surface area contributed by atoms with Crippen molar-refractivity contribution < 1.29 is 24.5 Å². The van der Waals surface area contributed by atoms with E-state index in [1.54, 1.807) is 0 Å². The number of esters is 1. The van der Waals surface area contributed by atoms with Crippen LogP contribution in [0.2, 0.25) is 0 Å². The van der Waals surface area contributed by atoms with E-state index in [4.69, 9.17) is 4.74 Å². The standard InChI is InChI=1S/C78H149NO5/c1-3-5-7-9-11-13-15-17-19-21-22-23-24-27-30-33-36-39-42-46-50-54-58-62-66-70-76(81)75(74-80)79-77(82)71-67-63-59-55-51-47-43-40-37-34-31-28-25-26-29-32-35-38-41-45-49-53-57-61-65-69-73-84-78(83)72-68-64-60-56-52-48-44-20-18-16-14-12-10-8-6-4-2/h14,16,20,25,28,44,75-76,80-81H,3-13,15,17-19,21-24,26-27,29-43,45-74H2,1-2H3,(H,79,82)/b16-14-,28-25-,44-20-. The van der Waals surface area contributed by atoms with Gasteiger partial charge in [-0.15, -0.1) is 0 Å². The van der Waals surface area contributed by atoms with E-state index in [-0.39, 0.29) is 18.5 Å². The second-order valence-corrected chi connectivity index (χ2v) is 26.3. The summed E-state index contributed by atoms with van der Waals surface area (Å²) >= 11 is 0. The number of unbranched alkanes of at least 4 members (excludes halogenated alkanes) is 55. The molecule has 0 radical (unpaired) electrons. The molecule has 0 aliphatic carbocycles. The lowest BCUT2D eigenvalue weighted by Crippen LogP contribution is -2.45. The van der Waals surface area contributed by atoms with Crippen LogP contribution in [0.5, 0.6) is 0 Å². The molecule has 0 bridgehead atoms. The minimum absolute atomic E-state index is 0.00167. The molecule has 496 valence electrons. The Labute approximate surface area is 525 Å². The number of allylic oxidation sites excluding steroid dienone is 6. The van der Waals surface area contributed by atoms with Gasteiger partial charge in [-0.1, -0.05) is 365 Å². The number of nitrogens with one attached hydrogen (secondary N) is 1. The molecule has 84 heavy (non-hydrogen) atoms. The molecule has 0 saturated heterocycles. The van der Waals surface area contributed by atoms with Crippen molar-refractivity contribution in [2.75, 3.05) is 13.2 Å². The monoisotopic (exact) mass is 1180 g/mol. The maximum atomic E-state index is 12.6. The lowest BCUT2D eigenvalue weighted by atomic mass is 10.0. The number of aliphatic hydroxyl groups is 2. The predicted molar refractivity (Wildman–Crippen MR) is 370 cm³/mol. The third-order valence-electron chi connectivity index (χ3n) is 17.9. The highest BCUT2D eigenvalue weighted by molar-refractivity contribution is 5.76. The van der Waals surface area contributed by atoms with Gasteiger partial charge >= 0.3 is 5.97 Å². The Morgan fingerprint density at radius 2 is 0.595 bits per heavy atom. The Kier molecular flexibility index (Phi) is 71.9. The van der Waals surface area contributed by atoms with Gasteiger partial charge in [-0.25, -0.2) is 0 Å². The molecule has 6 heteroatoms. The lowest BCUT2D eigenvalue weighted by Gasteiger charge is -2.22. The largest absolute Gasteiger partial charge is 0.466 e. The van der Waals surface area contributed by atoms with Crippen LogP contribution in [0.4, 0.5) is 0 Å². The van der Waals surface area contributed by atoms with Crippen LogP contribution in [0.3, 0.4) is 0 Å². The van der Waals surface area contributed by atoms with Crippen LogP contribution in [0, 0.1) is 0 Å². The minimum atomic E-state index is -0.668. The fourth-order valence-electron chi connectivity index (χ4n) is 12.1. The number of hydrogen-bond acceptors (Lipinski definition) is 5. The smallest absolute Gasteiger partial charge is 0.305 e. The minimum Gasteiger partial charge on any atom is -0.466 e. The number of aliphatic hydroxyl groups excluding tert-OH is 2. The molecule has 2 unspecified atom stereocenters. The third-order valence-corrected chi connectivity index (χ3v) is 17.9. The average molecular weight is 1180 g/mol. The van der Waals surface area contributed by atoms with Crippen LogP contribution in [0.15, 0.2) is 36.5 Å². The van der Waals surface area contributed by atoms with E-state index < -0.39 is 12.1 Å². The molecule has 0 aliphatic heterocycles. The number of amides is 1. The van der Waals surface area contributed by atoms with E-state index in [1.807, 2.05) is 0 Å². The van der Waals surface area contributed by atoms with Crippen LogP contribution in [-0.2, 0) is 14.3 Å². The van der Waals surface area contributed by atoms with Gasteiger partial charge in [0, 0.05) is 12.8 Å². The molecule has 3 N–H and O–H groups in total. The summed E-state index contributed by atoms with van der Waals surface area (Å²) in [6.07, 6.45) is 95.0. The Morgan fingerprint density at radius 1 is 0.333 bits per heavy atom. The van der Waals surface area contributed by atoms with Crippen molar-refractivity contribution in [2.45, 2.75) is 437 Å². The van der Waals surface area contributed by atoms with Crippen LogP contribution in [0.1, 0.15) is 425 Å². The normalized spacial score (nSPS) is 12.7. The quantitative estimate of drug-likeness (QED) is 0.0320. The first kappa shape index (κ1) is 82.1. The summed E-state index contributed by atoms with van der Waals surface area (Å²) in [6, 6.07) is -0.545. The van der Waals surface area contributed by atoms with Crippen LogP contribution < -0.4 is 5.32 Å². The van der Waals surface area contributed by atoms with Crippen molar-refractivity contribution in [2.24, 2.45) is 0 Å². The van der Waals surface area contributed by atoms with Gasteiger partial charge in [0.25, 0.3) is 0 Å². The van der Waals surface area contributed by atoms with Crippen molar-refractivity contribution in [3.05, 3.63) is 36.5 Å². The van der Waals surface area contributed by atoms with Crippen LogP contribution >= 0.6 is 0 Å². The first-order valence-electron chi connectivity index (χ1n) is 38.2. The summed E-state index contributed by atoms with van der Waals surface area (Å²) < 4.78 is 5.49. The Morgan fingerprint density at radius 3 is 0.929 bits per heavy atom. The maximum Gasteiger partial charge on any atom is 0.305 e. The zero-order valence-electron chi connectivity index (χ0n) is 56.9. The van der Waals surface area contributed by atoms with Crippen molar-refractivity contribution in [3.8, 4) is 0 Å². The number of rotatable bonds is 72. The number of carbonyl (C=O) groups excluding carboxylic acids is 2. The second kappa shape index (κ2) is 73.5. The average Bonchev–Trinajstić information content (AvgIpc) is 3.51. The van der Waals surface area contributed by atoms with Gasteiger partial charge in [0.2, 0.25) is 5.91 Å². The zero-order valence-corrected chi connectivity index (χ0v) is 56.9. The molecule has 0 rings (SSSR count). The van der Waals surface area contributed by atoms with Gasteiger partial charge in [0.15, 0.2) is 0 Å². The van der Waals surface area contributed by atoms with Gasteiger partial charge < -0.3 is 20.3 Å². The molecule has 0 saturated carbocycles.